The Bertz CT molecular complexity index is 1030. The number of hydrogen-bond donors (Lipinski definition) is 2. The molecule has 152 valence electrons. The van der Waals surface area contributed by atoms with Gasteiger partial charge in [-0.15, -0.1) is 5.10 Å². The van der Waals surface area contributed by atoms with Crippen LogP contribution in [0.5, 0.6) is 5.75 Å². The van der Waals surface area contributed by atoms with Gasteiger partial charge < -0.3 is 15.2 Å². The van der Waals surface area contributed by atoms with Gasteiger partial charge in [-0.1, -0.05) is 5.21 Å². The quantitative estimate of drug-likeness (QED) is 0.567. The molecule has 8 heteroatoms. The minimum Gasteiger partial charge on any atom is -0.494 e. The van der Waals surface area contributed by atoms with Gasteiger partial charge in [-0.3, -0.25) is 9.59 Å². The minimum absolute atomic E-state index is 0.380. The largest absolute Gasteiger partial charge is 0.494 e. The third-order valence-corrected chi connectivity index (χ3v) is 4.75. The van der Waals surface area contributed by atoms with E-state index in [1.165, 1.54) is 18.1 Å². The Morgan fingerprint density at radius 3 is 2.55 bits per heavy atom. The van der Waals surface area contributed by atoms with Crippen LogP contribution in [0.25, 0.3) is 11.0 Å². The van der Waals surface area contributed by atoms with Gasteiger partial charge in [0.25, 0.3) is 5.91 Å². The molecule has 1 aromatic heterocycles. The molecule has 29 heavy (non-hydrogen) atoms. The third kappa shape index (κ3) is 4.90. The van der Waals surface area contributed by atoms with Crippen molar-refractivity contribution < 1.29 is 19.4 Å². The number of fused-ring (bicyclic) bond motifs is 1. The van der Waals surface area contributed by atoms with Crippen molar-refractivity contribution in [3.05, 3.63) is 53.1 Å². The number of carbonyl (C=O) groups excluding carboxylic acids is 1. The number of benzene rings is 2. The van der Waals surface area contributed by atoms with E-state index in [1.807, 2.05) is 10.7 Å². The highest BCUT2D eigenvalue weighted by Crippen LogP contribution is 2.18. The molecule has 1 amide bonds. The second-order valence-electron chi connectivity index (χ2n) is 7.00. The molecule has 8 nitrogen and oxygen atoms in total. The zero-order valence-corrected chi connectivity index (χ0v) is 16.7. The van der Waals surface area contributed by atoms with Crippen LogP contribution in [0.15, 0.2) is 36.4 Å². The molecule has 3 aromatic rings. The summed E-state index contributed by atoms with van der Waals surface area (Å²) in [5.41, 5.74) is 4.69. The van der Waals surface area contributed by atoms with Gasteiger partial charge in [-0.05, 0) is 68.3 Å². The molecule has 0 aliphatic heterocycles. The molecule has 3 rings (SSSR count). The van der Waals surface area contributed by atoms with E-state index in [0.29, 0.717) is 24.5 Å². The van der Waals surface area contributed by atoms with Crippen molar-refractivity contribution in [3.63, 3.8) is 0 Å². The first-order chi connectivity index (χ1) is 13.8. The Balaban J connectivity index is 1.50. The van der Waals surface area contributed by atoms with Crippen molar-refractivity contribution in [2.24, 2.45) is 0 Å². The van der Waals surface area contributed by atoms with Crippen molar-refractivity contribution in [2.45, 2.75) is 39.8 Å². The average Bonchev–Trinajstić information content (AvgIpc) is 3.07. The van der Waals surface area contributed by atoms with E-state index >= 15 is 0 Å². The Morgan fingerprint density at radius 2 is 1.86 bits per heavy atom. The summed E-state index contributed by atoms with van der Waals surface area (Å²) < 4.78 is 7.60. The van der Waals surface area contributed by atoms with Gasteiger partial charge in [0.2, 0.25) is 0 Å². The minimum atomic E-state index is -1.08. The molecule has 0 fully saturated rings. The molecule has 1 unspecified atom stereocenters. The van der Waals surface area contributed by atoms with E-state index in [-0.39, 0.29) is 0 Å². The van der Waals surface area contributed by atoms with Crippen LogP contribution in [0.2, 0.25) is 0 Å². The maximum Gasteiger partial charge on any atom is 0.325 e. The van der Waals surface area contributed by atoms with Crippen molar-refractivity contribution in [2.75, 3.05) is 6.61 Å². The molecule has 2 aromatic carbocycles. The van der Waals surface area contributed by atoms with Crippen LogP contribution in [-0.4, -0.2) is 44.6 Å². The third-order valence-electron chi connectivity index (χ3n) is 4.75. The summed E-state index contributed by atoms with van der Waals surface area (Å²) in [6.07, 6.45) is 0.754. The summed E-state index contributed by atoms with van der Waals surface area (Å²) in [5, 5.41) is 19.7. The van der Waals surface area contributed by atoms with Gasteiger partial charge >= 0.3 is 5.97 Å². The van der Waals surface area contributed by atoms with Crippen LogP contribution in [-0.2, 0) is 11.3 Å². The van der Waals surface area contributed by atoms with E-state index in [4.69, 9.17) is 9.84 Å². The van der Waals surface area contributed by atoms with E-state index in [9.17, 15) is 9.59 Å². The Labute approximate surface area is 168 Å². The maximum absolute atomic E-state index is 12.0. The van der Waals surface area contributed by atoms with Gasteiger partial charge in [0.15, 0.2) is 0 Å². The normalized spacial score (nSPS) is 12.0. The number of carbonyl (C=O) groups is 2. The molecule has 0 saturated carbocycles. The molecule has 0 aliphatic carbocycles. The molecule has 0 bridgehead atoms. The molecule has 0 radical (unpaired) electrons. The number of aromatic nitrogens is 3. The highest BCUT2D eigenvalue weighted by atomic mass is 16.5. The number of aliphatic carboxylic acids is 1. The molecule has 0 spiro atoms. The zero-order valence-electron chi connectivity index (χ0n) is 16.7. The Kier molecular flexibility index (Phi) is 6.11. The van der Waals surface area contributed by atoms with Crippen LogP contribution in [0.1, 0.15) is 34.8 Å². The first-order valence-electron chi connectivity index (χ1n) is 9.42. The van der Waals surface area contributed by atoms with Gasteiger partial charge in [-0.2, -0.15) is 0 Å². The van der Waals surface area contributed by atoms with Crippen LogP contribution in [0.3, 0.4) is 0 Å². The van der Waals surface area contributed by atoms with E-state index in [0.717, 1.165) is 17.5 Å². The number of hydrogen-bond acceptors (Lipinski definition) is 5. The van der Waals surface area contributed by atoms with Gasteiger partial charge in [0, 0.05) is 18.5 Å². The van der Waals surface area contributed by atoms with Crippen LogP contribution in [0.4, 0.5) is 0 Å². The molecular formula is C21H24N4O4. The molecule has 1 atom stereocenters. The maximum atomic E-state index is 12.0. The number of carboxylic acids is 1. The second kappa shape index (κ2) is 8.72. The number of ether oxygens (including phenoxy) is 1. The summed E-state index contributed by atoms with van der Waals surface area (Å²) in [7, 11) is 0. The predicted octanol–water partition coefficient (Wildman–Crippen LogP) is 2.72. The van der Waals surface area contributed by atoms with Crippen molar-refractivity contribution in [1.82, 2.24) is 20.3 Å². The highest BCUT2D eigenvalue weighted by Gasteiger charge is 2.15. The fourth-order valence-electron chi connectivity index (χ4n) is 2.84. The molecule has 0 saturated heterocycles. The monoisotopic (exact) mass is 396 g/mol. The zero-order chi connectivity index (χ0) is 21.0. The van der Waals surface area contributed by atoms with Crippen LogP contribution < -0.4 is 10.1 Å². The van der Waals surface area contributed by atoms with Crippen molar-refractivity contribution in [1.29, 1.82) is 0 Å². The summed E-state index contributed by atoms with van der Waals surface area (Å²) in [6, 6.07) is 9.79. The molecule has 0 aliphatic rings. The van der Waals surface area contributed by atoms with Crippen LogP contribution in [0, 0.1) is 13.8 Å². The first-order valence-corrected chi connectivity index (χ1v) is 9.42. The smallest absolute Gasteiger partial charge is 0.325 e. The number of nitrogens with one attached hydrogen (secondary N) is 1. The van der Waals surface area contributed by atoms with Gasteiger partial charge in [0.1, 0.15) is 17.3 Å². The Morgan fingerprint density at radius 1 is 1.17 bits per heavy atom. The fourth-order valence-corrected chi connectivity index (χ4v) is 2.84. The lowest BCUT2D eigenvalue weighted by Crippen LogP contribution is -2.38. The standard InChI is InChI=1S/C21H24N4O4/c1-13-11-18-19(12-14(13)2)25(24-23-18)9-4-10-29-17-7-5-16(6-8-17)20(26)22-15(3)21(27)28/h5-8,11-12,15H,4,9-10H2,1-3H3,(H,22,26)(H,27,28). The molecule has 1 heterocycles. The average molecular weight is 396 g/mol. The summed E-state index contributed by atoms with van der Waals surface area (Å²) in [5.74, 6) is -0.874. The number of carboxylic acid groups (broad SMARTS) is 1. The van der Waals surface area contributed by atoms with E-state index in [1.54, 1.807) is 24.3 Å². The number of rotatable bonds is 8. The SMILES string of the molecule is Cc1cc2nnn(CCCOc3ccc(C(=O)NC(C)C(=O)O)cc3)c2cc1C. The van der Waals surface area contributed by atoms with Crippen molar-refractivity contribution >= 4 is 22.9 Å². The van der Waals surface area contributed by atoms with Crippen molar-refractivity contribution in [3.8, 4) is 5.75 Å². The second-order valence-corrected chi connectivity index (χ2v) is 7.00. The van der Waals surface area contributed by atoms with Gasteiger partial charge in [-0.25, -0.2) is 4.68 Å². The van der Waals surface area contributed by atoms with Crippen LogP contribution >= 0.6 is 0 Å². The summed E-state index contributed by atoms with van der Waals surface area (Å²) in [4.78, 5) is 22.8. The lowest BCUT2D eigenvalue weighted by Gasteiger charge is -2.10. The lowest BCUT2D eigenvalue weighted by molar-refractivity contribution is -0.138. The fraction of sp³-hybridized carbons (Fsp3) is 0.333. The molecular weight excluding hydrogens is 372 g/mol. The summed E-state index contributed by atoms with van der Waals surface area (Å²) in [6.45, 7) is 6.73. The van der Waals surface area contributed by atoms with E-state index in [2.05, 4.69) is 35.5 Å². The topological polar surface area (TPSA) is 106 Å². The molecule has 2 N–H and O–H groups in total. The first kappa shape index (κ1) is 20.3. The summed E-state index contributed by atoms with van der Waals surface area (Å²) >= 11 is 0. The number of nitrogens with zero attached hydrogens (tertiary/aromatic N) is 3. The van der Waals surface area contributed by atoms with E-state index < -0.39 is 17.9 Å². The van der Waals surface area contributed by atoms with Gasteiger partial charge in [0.05, 0.1) is 12.1 Å². The number of aryl methyl sites for hydroxylation is 3. The highest BCUT2D eigenvalue weighted by molar-refractivity contribution is 5.96. The lowest BCUT2D eigenvalue weighted by atomic mass is 10.1. The predicted molar refractivity (Wildman–Crippen MR) is 108 cm³/mol. The number of amides is 1. The Hall–Kier alpha value is -3.42.